The van der Waals surface area contributed by atoms with Crippen LogP contribution in [0.3, 0.4) is 0 Å². The molecule has 29 heavy (non-hydrogen) atoms. The van der Waals surface area contributed by atoms with Crippen LogP contribution in [0.15, 0.2) is 65.7 Å². The van der Waals surface area contributed by atoms with Gasteiger partial charge in [-0.25, -0.2) is 0 Å². The van der Waals surface area contributed by atoms with E-state index in [0.29, 0.717) is 6.42 Å². The number of amides is 1. The maximum atomic E-state index is 13.4. The van der Waals surface area contributed by atoms with Crippen LogP contribution in [-0.2, 0) is 17.6 Å². The molecule has 5 nitrogen and oxygen atoms in total. The smallest absolute Gasteiger partial charge is 0.268 e. The minimum absolute atomic E-state index is 0.00556. The van der Waals surface area contributed by atoms with E-state index in [1.54, 1.807) is 6.20 Å². The van der Waals surface area contributed by atoms with Gasteiger partial charge in [0.1, 0.15) is 5.75 Å². The molecule has 146 valence electrons. The fourth-order valence-electron chi connectivity index (χ4n) is 4.23. The standard InChI is InChI=1S/C23H21N3O2S/c1-14-10-16-5-7-18(29-24)13-20(16)26(14)23(27)22-12-17-11-15(6-8-21(17)28-22)19-4-2-3-9-25-19/h2-9,11,13-14,22H,10,12,24H2,1H3. The number of benzene rings is 2. The molecule has 6 heteroatoms. The molecule has 3 aromatic rings. The molecule has 2 aromatic carbocycles. The van der Waals surface area contributed by atoms with Crippen LogP contribution in [0.5, 0.6) is 5.75 Å². The second kappa shape index (κ2) is 7.21. The Morgan fingerprint density at radius 1 is 1.14 bits per heavy atom. The van der Waals surface area contributed by atoms with Crippen LogP contribution in [0.4, 0.5) is 5.69 Å². The molecule has 2 atom stereocenters. The Morgan fingerprint density at radius 2 is 2.03 bits per heavy atom. The number of carbonyl (C=O) groups excluding carboxylic acids is 1. The van der Waals surface area contributed by atoms with Gasteiger partial charge in [-0.05, 0) is 78.9 Å². The van der Waals surface area contributed by atoms with Gasteiger partial charge in [-0.15, -0.1) is 0 Å². The van der Waals surface area contributed by atoms with Crippen molar-refractivity contribution in [2.45, 2.75) is 36.8 Å². The van der Waals surface area contributed by atoms with Crippen molar-refractivity contribution in [3.8, 4) is 17.0 Å². The van der Waals surface area contributed by atoms with Crippen molar-refractivity contribution in [1.29, 1.82) is 0 Å². The van der Waals surface area contributed by atoms with Gasteiger partial charge in [0, 0.05) is 34.8 Å². The summed E-state index contributed by atoms with van der Waals surface area (Å²) < 4.78 is 6.05. The lowest BCUT2D eigenvalue weighted by molar-refractivity contribution is -0.124. The molecule has 0 saturated carbocycles. The number of ether oxygens (including phenoxy) is 1. The molecule has 0 aliphatic carbocycles. The Bertz CT molecular complexity index is 1090. The zero-order valence-corrected chi connectivity index (χ0v) is 16.9. The number of aromatic nitrogens is 1. The van der Waals surface area contributed by atoms with Crippen molar-refractivity contribution < 1.29 is 9.53 Å². The second-order valence-electron chi connectivity index (χ2n) is 7.52. The Morgan fingerprint density at radius 3 is 2.83 bits per heavy atom. The van der Waals surface area contributed by atoms with Crippen molar-refractivity contribution in [2.75, 3.05) is 4.90 Å². The lowest BCUT2D eigenvalue weighted by atomic mass is 10.0. The largest absolute Gasteiger partial charge is 0.480 e. The summed E-state index contributed by atoms with van der Waals surface area (Å²) in [6.07, 6.45) is 2.69. The normalized spacial score (nSPS) is 19.6. The summed E-state index contributed by atoms with van der Waals surface area (Å²) >= 11 is 1.20. The van der Waals surface area contributed by atoms with E-state index in [9.17, 15) is 4.79 Å². The first kappa shape index (κ1) is 18.2. The SMILES string of the molecule is CC1Cc2ccc(SN)cc2N1C(=O)C1Cc2cc(-c3ccccn3)ccc2O1. The molecule has 2 N–H and O–H groups in total. The third-order valence-corrected chi connectivity index (χ3v) is 6.14. The van der Waals surface area contributed by atoms with Crippen molar-refractivity contribution >= 4 is 23.5 Å². The molecule has 0 radical (unpaired) electrons. The van der Waals surface area contributed by atoms with Gasteiger partial charge >= 0.3 is 0 Å². The van der Waals surface area contributed by atoms with Gasteiger partial charge in [-0.2, -0.15) is 0 Å². The average molecular weight is 404 g/mol. The summed E-state index contributed by atoms with van der Waals surface area (Å²) in [5, 5.41) is 5.73. The van der Waals surface area contributed by atoms with E-state index in [0.717, 1.165) is 39.6 Å². The fraction of sp³-hybridized carbons (Fsp3) is 0.217. The number of carbonyl (C=O) groups is 1. The van der Waals surface area contributed by atoms with Crippen LogP contribution in [0, 0.1) is 0 Å². The predicted octanol–water partition coefficient (Wildman–Crippen LogP) is 4.00. The summed E-state index contributed by atoms with van der Waals surface area (Å²) in [6.45, 7) is 2.08. The molecule has 2 aliphatic rings. The maximum Gasteiger partial charge on any atom is 0.268 e. The Labute approximate surface area is 174 Å². The molecular formula is C23H21N3O2S. The Kier molecular flexibility index (Phi) is 4.53. The summed E-state index contributed by atoms with van der Waals surface area (Å²) in [5.74, 6) is 0.785. The number of pyridine rings is 1. The Balaban J connectivity index is 1.41. The van der Waals surface area contributed by atoms with E-state index in [-0.39, 0.29) is 11.9 Å². The van der Waals surface area contributed by atoms with Gasteiger partial charge in [0.05, 0.1) is 5.69 Å². The summed E-state index contributed by atoms with van der Waals surface area (Å²) in [5.41, 5.74) is 5.12. The highest BCUT2D eigenvalue weighted by atomic mass is 32.2. The van der Waals surface area contributed by atoms with Crippen LogP contribution in [0.2, 0.25) is 0 Å². The first-order chi connectivity index (χ1) is 14.1. The molecule has 1 amide bonds. The van der Waals surface area contributed by atoms with Gasteiger partial charge in [0.25, 0.3) is 5.91 Å². The highest BCUT2D eigenvalue weighted by Crippen LogP contribution is 2.38. The van der Waals surface area contributed by atoms with E-state index in [1.165, 1.54) is 17.5 Å². The zero-order chi connectivity index (χ0) is 20.0. The van der Waals surface area contributed by atoms with Crippen molar-refractivity contribution in [2.24, 2.45) is 5.14 Å². The minimum atomic E-state index is -0.508. The van der Waals surface area contributed by atoms with Crippen LogP contribution in [-0.4, -0.2) is 23.0 Å². The quantitative estimate of drug-likeness (QED) is 0.670. The first-order valence-electron chi connectivity index (χ1n) is 9.68. The van der Waals surface area contributed by atoms with Gasteiger partial charge in [-0.1, -0.05) is 12.1 Å². The van der Waals surface area contributed by atoms with Crippen LogP contribution in [0.25, 0.3) is 11.3 Å². The molecular weight excluding hydrogens is 382 g/mol. The number of rotatable bonds is 3. The molecule has 1 aromatic heterocycles. The van der Waals surface area contributed by atoms with Crippen molar-refractivity contribution in [3.63, 3.8) is 0 Å². The summed E-state index contributed by atoms with van der Waals surface area (Å²) in [7, 11) is 0. The summed E-state index contributed by atoms with van der Waals surface area (Å²) in [4.78, 5) is 20.6. The second-order valence-corrected chi connectivity index (χ2v) is 8.22. The molecule has 0 bridgehead atoms. The third kappa shape index (κ3) is 3.18. The number of hydrogen-bond acceptors (Lipinski definition) is 5. The number of anilines is 1. The van der Waals surface area contributed by atoms with Gasteiger partial charge in [0.2, 0.25) is 0 Å². The lowest BCUT2D eigenvalue weighted by Gasteiger charge is -2.25. The number of fused-ring (bicyclic) bond motifs is 2. The van der Waals surface area contributed by atoms with Gasteiger partial charge in [-0.3, -0.25) is 14.9 Å². The highest BCUT2D eigenvalue weighted by molar-refractivity contribution is 7.97. The fourth-order valence-corrected chi connectivity index (χ4v) is 4.56. The maximum absolute atomic E-state index is 13.4. The van der Waals surface area contributed by atoms with Crippen LogP contribution in [0.1, 0.15) is 18.1 Å². The predicted molar refractivity (Wildman–Crippen MR) is 115 cm³/mol. The van der Waals surface area contributed by atoms with E-state index in [1.807, 2.05) is 47.4 Å². The lowest BCUT2D eigenvalue weighted by Crippen LogP contribution is -2.44. The monoisotopic (exact) mass is 403 g/mol. The average Bonchev–Trinajstić information content (AvgIpc) is 3.33. The third-order valence-electron chi connectivity index (χ3n) is 5.62. The first-order valence-corrected chi connectivity index (χ1v) is 10.6. The van der Waals surface area contributed by atoms with E-state index < -0.39 is 6.10 Å². The molecule has 0 spiro atoms. The van der Waals surface area contributed by atoms with E-state index in [4.69, 9.17) is 9.88 Å². The van der Waals surface area contributed by atoms with Gasteiger partial charge in [0.15, 0.2) is 6.10 Å². The zero-order valence-electron chi connectivity index (χ0n) is 16.0. The molecule has 5 rings (SSSR count). The molecule has 0 fully saturated rings. The molecule has 2 unspecified atom stereocenters. The highest BCUT2D eigenvalue weighted by Gasteiger charge is 2.38. The Hall–Kier alpha value is -2.83. The van der Waals surface area contributed by atoms with Crippen molar-refractivity contribution in [3.05, 3.63) is 71.9 Å². The van der Waals surface area contributed by atoms with Gasteiger partial charge < -0.3 is 9.64 Å². The van der Waals surface area contributed by atoms with Crippen LogP contribution >= 0.6 is 11.9 Å². The minimum Gasteiger partial charge on any atom is -0.480 e. The van der Waals surface area contributed by atoms with E-state index >= 15 is 0 Å². The van der Waals surface area contributed by atoms with E-state index in [2.05, 4.69) is 24.0 Å². The van der Waals surface area contributed by atoms with Crippen molar-refractivity contribution in [1.82, 2.24) is 4.98 Å². The molecule has 2 aliphatic heterocycles. The number of nitrogens with zero attached hydrogens (tertiary/aromatic N) is 2. The molecule has 0 saturated heterocycles. The summed E-state index contributed by atoms with van der Waals surface area (Å²) in [6, 6.07) is 18.0. The van der Waals surface area contributed by atoms with Crippen LogP contribution < -0.4 is 14.8 Å². The number of hydrogen-bond donors (Lipinski definition) is 1. The number of nitrogens with two attached hydrogens (primary N) is 1. The topological polar surface area (TPSA) is 68.5 Å². The molecule has 3 heterocycles.